The summed E-state index contributed by atoms with van der Waals surface area (Å²) < 4.78 is 3.22. The molecule has 98 valence electrons. The molecule has 1 aromatic heterocycles. The van der Waals surface area contributed by atoms with Crippen molar-refractivity contribution in [3.63, 3.8) is 0 Å². The van der Waals surface area contributed by atoms with Crippen molar-refractivity contribution in [1.82, 2.24) is 9.55 Å². The van der Waals surface area contributed by atoms with Crippen molar-refractivity contribution in [2.45, 2.75) is 0 Å². The Morgan fingerprint density at radius 1 is 1.30 bits per heavy atom. The number of hydrogen-bond acceptors (Lipinski definition) is 2. The van der Waals surface area contributed by atoms with E-state index >= 15 is 0 Å². The first-order valence-corrected chi connectivity index (χ1v) is 7.29. The van der Waals surface area contributed by atoms with Crippen LogP contribution in [0.2, 0.25) is 5.02 Å². The zero-order chi connectivity index (χ0) is 14.3. The number of para-hydroxylation sites is 1. The van der Waals surface area contributed by atoms with Gasteiger partial charge in [-0.2, -0.15) is 5.26 Å². The van der Waals surface area contributed by atoms with E-state index in [4.69, 9.17) is 29.1 Å². The zero-order valence-electron chi connectivity index (χ0n) is 10.0. The van der Waals surface area contributed by atoms with Crippen LogP contribution in [0.1, 0.15) is 5.56 Å². The van der Waals surface area contributed by atoms with Crippen molar-refractivity contribution in [3.8, 4) is 11.8 Å². The predicted molar refractivity (Wildman–Crippen MR) is 85.9 cm³/mol. The third-order valence-corrected chi connectivity index (χ3v) is 4.52. The Labute approximate surface area is 133 Å². The summed E-state index contributed by atoms with van der Waals surface area (Å²) in [7, 11) is 0. The average molecular weight is 365 g/mol. The second kappa shape index (κ2) is 5.06. The summed E-state index contributed by atoms with van der Waals surface area (Å²) >= 11 is 14.9. The lowest BCUT2D eigenvalue weighted by Gasteiger charge is -2.06. The van der Waals surface area contributed by atoms with Gasteiger partial charge in [0.1, 0.15) is 6.07 Å². The fourth-order valence-electron chi connectivity index (χ4n) is 2.10. The van der Waals surface area contributed by atoms with Crippen LogP contribution in [0.4, 0.5) is 0 Å². The van der Waals surface area contributed by atoms with Crippen LogP contribution >= 0.6 is 39.7 Å². The molecule has 2 aromatic carbocycles. The van der Waals surface area contributed by atoms with E-state index in [1.807, 2.05) is 34.9 Å². The Morgan fingerprint density at radius 3 is 2.80 bits per heavy atom. The molecule has 0 aliphatic heterocycles. The summed E-state index contributed by atoms with van der Waals surface area (Å²) in [5, 5.41) is 9.75. The van der Waals surface area contributed by atoms with Crippen LogP contribution in [0, 0.1) is 16.1 Å². The summed E-state index contributed by atoms with van der Waals surface area (Å²) in [6.45, 7) is 0. The van der Waals surface area contributed by atoms with Gasteiger partial charge in [0, 0.05) is 10.2 Å². The first kappa shape index (κ1) is 13.4. The second-order valence-electron chi connectivity index (χ2n) is 4.18. The van der Waals surface area contributed by atoms with Gasteiger partial charge in [0.2, 0.25) is 0 Å². The predicted octanol–water partition coefficient (Wildman–Crippen LogP) is 4.98. The Kier molecular flexibility index (Phi) is 3.38. The van der Waals surface area contributed by atoms with Crippen LogP contribution in [-0.2, 0) is 0 Å². The standard InChI is InChI=1S/C14H7BrClN3S/c15-10-5-4-9(6-11(10)16)19-12-3-1-2-8(7-17)13(12)18-14(19)20/h1-6H,(H,18,20). The summed E-state index contributed by atoms with van der Waals surface area (Å²) in [5.74, 6) is 0. The number of rotatable bonds is 1. The van der Waals surface area contributed by atoms with E-state index in [2.05, 4.69) is 27.0 Å². The number of benzene rings is 2. The molecule has 0 aliphatic carbocycles. The monoisotopic (exact) mass is 363 g/mol. The van der Waals surface area contributed by atoms with Gasteiger partial charge in [-0.15, -0.1) is 0 Å². The van der Waals surface area contributed by atoms with Crippen LogP contribution in [-0.4, -0.2) is 9.55 Å². The maximum Gasteiger partial charge on any atom is 0.182 e. The van der Waals surface area contributed by atoms with E-state index in [0.717, 1.165) is 21.2 Å². The summed E-state index contributed by atoms with van der Waals surface area (Å²) in [6, 6.07) is 13.3. The first-order chi connectivity index (χ1) is 9.61. The molecule has 0 saturated heterocycles. The Morgan fingerprint density at radius 2 is 2.10 bits per heavy atom. The van der Waals surface area contributed by atoms with Crippen LogP contribution in [0.3, 0.4) is 0 Å². The van der Waals surface area contributed by atoms with Gasteiger partial charge in [0.15, 0.2) is 4.77 Å². The Hall–Kier alpha value is -1.61. The lowest BCUT2D eigenvalue weighted by molar-refractivity contribution is 1.06. The molecular formula is C14H7BrClN3S. The number of nitrogens with zero attached hydrogens (tertiary/aromatic N) is 2. The lowest BCUT2D eigenvalue weighted by Crippen LogP contribution is -1.94. The molecule has 0 atom stereocenters. The molecule has 3 aromatic rings. The molecule has 20 heavy (non-hydrogen) atoms. The zero-order valence-corrected chi connectivity index (χ0v) is 13.2. The van der Waals surface area contributed by atoms with E-state index < -0.39 is 0 Å². The third-order valence-electron chi connectivity index (χ3n) is 3.00. The SMILES string of the molecule is N#Cc1cccc2c1[nH]c(=S)n2-c1ccc(Br)c(Cl)c1. The molecule has 0 spiro atoms. The smallest absolute Gasteiger partial charge is 0.182 e. The Bertz CT molecular complexity index is 920. The number of nitriles is 1. The largest absolute Gasteiger partial charge is 0.329 e. The van der Waals surface area contributed by atoms with E-state index in [-0.39, 0.29) is 0 Å². The summed E-state index contributed by atoms with van der Waals surface area (Å²) in [4.78, 5) is 3.08. The number of imidazole rings is 1. The minimum absolute atomic E-state index is 0.529. The molecule has 1 heterocycles. The van der Waals surface area contributed by atoms with Crippen molar-refractivity contribution in [2.24, 2.45) is 0 Å². The van der Waals surface area contributed by atoms with Gasteiger partial charge in [-0.05, 0) is 58.5 Å². The molecule has 0 unspecified atom stereocenters. The highest BCUT2D eigenvalue weighted by atomic mass is 79.9. The van der Waals surface area contributed by atoms with Crippen LogP contribution in [0.15, 0.2) is 40.9 Å². The highest BCUT2D eigenvalue weighted by Gasteiger charge is 2.10. The molecule has 0 amide bonds. The number of H-pyrrole nitrogens is 1. The van der Waals surface area contributed by atoms with Gasteiger partial charge in [0.05, 0.1) is 21.6 Å². The van der Waals surface area contributed by atoms with Gasteiger partial charge in [-0.25, -0.2) is 0 Å². The van der Waals surface area contributed by atoms with Gasteiger partial charge < -0.3 is 4.98 Å². The average Bonchev–Trinajstić information content (AvgIpc) is 2.78. The molecule has 0 fully saturated rings. The highest BCUT2D eigenvalue weighted by Crippen LogP contribution is 2.28. The molecule has 0 bridgehead atoms. The number of aromatic nitrogens is 2. The van der Waals surface area contributed by atoms with Crippen molar-refractivity contribution in [3.05, 3.63) is 56.2 Å². The minimum Gasteiger partial charge on any atom is -0.329 e. The van der Waals surface area contributed by atoms with Crippen molar-refractivity contribution in [2.75, 3.05) is 0 Å². The topological polar surface area (TPSA) is 44.5 Å². The molecule has 3 nitrogen and oxygen atoms in total. The van der Waals surface area contributed by atoms with Gasteiger partial charge >= 0.3 is 0 Å². The van der Waals surface area contributed by atoms with Crippen LogP contribution < -0.4 is 0 Å². The first-order valence-electron chi connectivity index (χ1n) is 5.71. The Balaban J connectivity index is 2.37. The molecule has 3 rings (SSSR count). The fourth-order valence-corrected chi connectivity index (χ4v) is 2.83. The fraction of sp³-hybridized carbons (Fsp3) is 0. The molecule has 0 saturated carbocycles. The minimum atomic E-state index is 0.529. The van der Waals surface area contributed by atoms with Gasteiger partial charge in [-0.3, -0.25) is 4.57 Å². The quantitative estimate of drug-likeness (QED) is 0.619. The van der Waals surface area contributed by atoms with Gasteiger partial charge in [-0.1, -0.05) is 17.7 Å². The van der Waals surface area contributed by atoms with Gasteiger partial charge in [0.25, 0.3) is 0 Å². The molecule has 0 aliphatic rings. The number of aromatic amines is 1. The van der Waals surface area contributed by atoms with E-state index in [9.17, 15) is 0 Å². The number of halogens is 2. The molecule has 1 N–H and O–H groups in total. The maximum absolute atomic E-state index is 9.15. The van der Waals surface area contributed by atoms with E-state index in [1.54, 1.807) is 6.07 Å². The van der Waals surface area contributed by atoms with Crippen LogP contribution in [0.25, 0.3) is 16.7 Å². The highest BCUT2D eigenvalue weighted by molar-refractivity contribution is 9.10. The normalized spacial score (nSPS) is 10.7. The summed E-state index contributed by atoms with van der Waals surface area (Å²) in [6.07, 6.45) is 0. The summed E-state index contributed by atoms with van der Waals surface area (Å²) in [5.41, 5.74) is 3.01. The molecular weight excluding hydrogens is 358 g/mol. The third kappa shape index (κ3) is 2.06. The maximum atomic E-state index is 9.15. The second-order valence-corrected chi connectivity index (χ2v) is 5.82. The number of nitrogens with one attached hydrogen (secondary N) is 1. The molecule has 0 radical (unpaired) electrons. The number of hydrogen-bond donors (Lipinski definition) is 1. The van der Waals surface area contributed by atoms with Crippen molar-refractivity contribution >= 4 is 50.8 Å². The van der Waals surface area contributed by atoms with Crippen molar-refractivity contribution < 1.29 is 0 Å². The van der Waals surface area contributed by atoms with Crippen molar-refractivity contribution in [1.29, 1.82) is 5.26 Å². The van der Waals surface area contributed by atoms with Crippen LogP contribution in [0.5, 0.6) is 0 Å². The molecule has 6 heteroatoms. The number of fused-ring (bicyclic) bond motifs is 1. The van der Waals surface area contributed by atoms with E-state index in [0.29, 0.717) is 15.4 Å². The van der Waals surface area contributed by atoms with E-state index in [1.165, 1.54) is 0 Å². The lowest BCUT2D eigenvalue weighted by atomic mass is 10.2.